The number of morpholine rings is 1. The van der Waals surface area contributed by atoms with Crippen molar-refractivity contribution in [2.24, 2.45) is 0 Å². The molecule has 0 N–H and O–H groups in total. The van der Waals surface area contributed by atoms with Crippen LogP contribution in [0.2, 0.25) is 0 Å². The van der Waals surface area contributed by atoms with Gasteiger partial charge in [-0.25, -0.2) is 24.4 Å². The van der Waals surface area contributed by atoms with Crippen LogP contribution in [0.4, 0.5) is 9.59 Å². The molecule has 0 aliphatic carbocycles. The molecule has 176 valence electrons. The fraction of sp³-hybridized carbons (Fsp3) is 0.375. The topological polar surface area (TPSA) is 88.6 Å². The first kappa shape index (κ1) is 24.1. The van der Waals surface area contributed by atoms with Gasteiger partial charge in [0.05, 0.1) is 13.2 Å². The van der Waals surface area contributed by atoms with Crippen LogP contribution in [-0.4, -0.2) is 79.5 Å². The Morgan fingerprint density at radius 1 is 0.909 bits per heavy atom. The first-order chi connectivity index (χ1) is 16.0. The standard InChI is InChI=1S/C24H29N3O6/c1-25(23(29)27-13-15-31-16-14-27)26(2)24(30)33-21(17-19-9-5-3-6-10-19)22(28)32-18-20-11-7-4-8-12-20/h3-12,21H,13-18H2,1-2H3/t21-/m0/s1. The van der Waals surface area contributed by atoms with Crippen LogP contribution in [0, 0.1) is 0 Å². The number of nitrogens with zero attached hydrogens (tertiary/aromatic N) is 3. The van der Waals surface area contributed by atoms with Crippen molar-refractivity contribution in [1.29, 1.82) is 0 Å². The van der Waals surface area contributed by atoms with Crippen LogP contribution in [0.25, 0.3) is 0 Å². The maximum Gasteiger partial charge on any atom is 0.429 e. The number of amides is 3. The number of carbonyl (C=O) groups excluding carboxylic acids is 3. The van der Waals surface area contributed by atoms with Crippen molar-refractivity contribution in [3.8, 4) is 0 Å². The number of urea groups is 1. The summed E-state index contributed by atoms with van der Waals surface area (Å²) in [6, 6.07) is 18.1. The highest BCUT2D eigenvalue weighted by Gasteiger charge is 2.31. The second-order valence-electron chi connectivity index (χ2n) is 7.58. The molecule has 3 amide bonds. The average Bonchev–Trinajstić information content (AvgIpc) is 2.87. The molecule has 9 nitrogen and oxygen atoms in total. The molecular formula is C24H29N3O6. The molecule has 0 bridgehead atoms. The van der Waals surface area contributed by atoms with E-state index in [1.165, 1.54) is 14.1 Å². The van der Waals surface area contributed by atoms with Crippen molar-refractivity contribution < 1.29 is 28.6 Å². The van der Waals surface area contributed by atoms with Gasteiger partial charge in [-0.2, -0.15) is 0 Å². The Hall–Kier alpha value is -3.59. The van der Waals surface area contributed by atoms with E-state index in [-0.39, 0.29) is 19.1 Å². The largest absolute Gasteiger partial charge is 0.458 e. The lowest BCUT2D eigenvalue weighted by Crippen LogP contribution is -2.54. The minimum atomic E-state index is -1.17. The second-order valence-corrected chi connectivity index (χ2v) is 7.58. The third kappa shape index (κ3) is 6.95. The van der Waals surface area contributed by atoms with Gasteiger partial charge < -0.3 is 19.1 Å². The van der Waals surface area contributed by atoms with Gasteiger partial charge in [0, 0.05) is 33.6 Å². The van der Waals surface area contributed by atoms with Crippen LogP contribution in [-0.2, 0) is 32.0 Å². The minimum Gasteiger partial charge on any atom is -0.458 e. The van der Waals surface area contributed by atoms with E-state index >= 15 is 0 Å². The number of hydrogen-bond donors (Lipinski definition) is 0. The van der Waals surface area contributed by atoms with Crippen LogP contribution in [0.15, 0.2) is 60.7 Å². The van der Waals surface area contributed by atoms with Crippen LogP contribution >= 0.6 is 0 Å². The van der Waals surface area contributed by atoms with Gasteiger partial charge >= 0.3 is 18.1 Å². The minimum absolute atomic E-state index is 0.0633. The molecule has 1 atom stereocenters. The van der Waals surface area contributed by atoms with E-state index < -0.39 is 18.2 Å². The summed E-state index contributed by atoms with van der Waals surface area (Å²) in [4.78, 5) is 39.9. The molecule has 1 saturated heterocycles. The van der Waals surface area contributed by atoms with Crippen LogP contribution in [0.5, 0.6) is 0 Å². The number of rotatable bonds is 6. The molecule has 0 radical (unpaired) electrons. The SMILES string of the molecule is CN(C(=O)O[C@@H](Cc1ccccc1)C(=O)OCc1ccccc1)N(C)C(=O)N1CCOCC1. The Balaban J connectivity index is 1.65. The first-order valence-electron chi connectivity index (χ1n) is 10.7. The molecular weight excluding hydrogens is 426 g/mol. The third-order valence-corrected chi connectivity index (χ3v) is 5.27. The van der Waals surface area contributed by atoms with Crippen molar-refractivity contribution in [3.63, 3.8) is 0 Å². The van der Waals surface area contributed by atoms with Crippen LogP contribution in [0.3, 0.4) is 0 Å². The molecule has 2 aromatic carbocycles. The molecule has 9 heteroatoms. The van der Waals surface area contributed by atoms with Gasteiger partial charge in [-0.1, -0.05) is 60.7 Å². The summed E-state index contributed by atoms with van der Waals surface area (Å²) in [6.07, 6.45) is -1.86. The highest BCUT2D eigenvalue weighted by atomic mass is 16.6. The highest BCUT2D eigenvalue weighted by Crippen LogP contribution is 2.13. The van der Waals surface area contributed by atoms with Gasteiger partial charge in [0.1, 0.15) is 6.61 Å². The van der Waals surface area contributed by atoms with Crippen LogP contribution < -0.4 is 0 Å². The smallest absolute Gasteiger partial charge is 0.429 e. The van der Waals surface area contributed by atoms with E-state index in [0.717, 1.165) is 21.1 Å². The fourth-order valence-electron chi connectivity index (χ4n) is 3.23. The van der Waals surface area contributed by atoms with Crippen molar-refractivity contribution in [2.75, 3.05) is 40.4 Å². The highest BCUT2D eigenvalue weighted by molar-refractivity contribution is 5.81. The maximum absolute atomic E-state index is 12.8. The average molecular weight is 456 g/mol. The number of carbonyl (C=O) groups is 3. The van der Waals surface area contributed by atoms with E-state index in [1.54, 1.807) is 4.90 Å². The number of esters is 1. The van der Waals surface area contributed by atoms with Crippen molar-refractivity contribution in [2.45, 2.75) is 19.1 Å². The summed E-state index contributed by atoms with van der Waals surface area (Å²) in [5.74, 6) is -0.661. The number of hydrogen-bond acceptors (Lipinski definition) is 6. The molecule has 1 aliphatic heterocycles. The molecule has 0 aromatic heterocycles. The summed E-state index contributed by atoms with van der Waals surface area (Å²) in [5.41, 5.74) is 1.64. The molecule has 2 aromatic rings. The summed E-state index contributed by atoms with van der Waals surface area (Å²) in [6.45, 7) is 1.83. The molecule has 0 unspecified atom stereocenters. The van der Waals surface area contributed by atoms with Gasteiger partial charge in [0.25, 0.3) is 0 Å². The van der Waals surface area contributed by atoms with Gasteiger partial charge in [-0.3, -0.25) is 0 Å². The van der Waals surface area contributed by atoms with E-state index in [1.807, 2.05) is 60.7 Å². The molecule has 0 spiro atoms. The Bertz CT molecular complexity index is 918. The molecule has 3 rings (SSSR count). The lowest BCUT2D eigenvalue weighted by Gasteiger charge is -2.35. The summed E-state index contributed by atoms with van der Waals surface area (Å²) in [5, 5.41) is 2.20. The van der Waals surface area contributed by atoms with Gasteiger partial charge in [0.2, 0.25) is 6.10 Å². The van der Waals surface area contributed by atoms with E-state index in [4.69, 9.17) is 14.2 Å². The monoisotopic (exact) mass is 455 g/mol. The predicted octanol–water partition coefficient (Wildman–Crippen LogP) is 2.71. The van der Waals surface area contributed by atoms with Crippen molar-refractivity contribution in [1.82, 2.24) is 14.9 Å². The Morgan fingerprint density at radius 2 is 1.48 bits per heavy atom. The van der Waals surface area contributed by atoms with Crippen molar-refractivity contribution in [3.05, 3.63) is 71.8 Å². The lowest BCUT2D eigenvalue weighted by atomic mass is 10.1. The number of ether oxygens (including phenoxy) is 3. The zero-order valence-corrected chi connectivity index (χ0v) is 18.9. The zero-order valence-electron chi connectivity index (χ0n) is 18.9. The van der Waals surface area contributed by atoms with Crippen LogP contribution in [0.1, 0.15) is 11.1 Å². The van der Waals surface area contributed by atoms with E-state index in [9.17, 15) is 14.4 Å². The van der Waals surface area contributed by atoms with E-state index in [0.29, 0.717) is 26.3 Å². The molecule has 1 aliphatic rings. The molecule has 1 heterocycles. The Kier molecular flexibility index (Phi) is 8.65. The molecule has 33 heavy (non-hydrogen) atoms. The Labute approximate surface area is 193 Å². The Morgan fingerprint density at radius 3 is 2.09 bits per heavy atom. The van der Waals surface area contributed by atoms with Gasteiger partial charge in [-0.15, -0.1) is 0 Å². The first-order valence-corrected chi connectivity index (χ1v) is 10.7. The number of benzene rings is 2. The molecule has 0 saturated carbocycles. The quantitative estimate of drug-likeness (QED) is 0.492. The van der Waals surface area contributed by atoms with E-state index in [2.05, 4.69) is 0 Å². The van der Waals surface area contributed by atoms with Gasteiger partial charge in [-0.05, 0) is 11.1 Å². The summed E-state index contributed by atoms with van der Waals surface area (Å²) in [7, 11) is 2.88. The number of hydrazine groups is 1. The third-order valence-electron chi connectivity index (χ3n) is 5.27. The fourth-order valence-corrected chi connectivity index (χ4v) is 3.23. The maximum atomic E-state index is 12.8. The second kappa shape index (κ2) is 11.9. The molecule has 1 fully saturated rings. The zero-order chi connectivity index (χ0) is 23.6. The van der Waals surface area contributed by atoms with Gasteiger partial charge in [0.15, 0.2) is 0 Å². The van der Waals surface area contributed by atoms with Crippen molar-refractivity contribution >= 4 is 18.1 Å². The predicted molar refractivity (Wildman–Crippen MR) is 120 cm³/mol. The summed E-state index contributed by atoms with van der Waals surface area (Å²) < 4.78 is 16.2. The normalized spacial score (nSPS) is 14.2. The summed E-state index contributed by atoms with van der Waals surface area (Å²) >= 11 is 0. The lowest BCUT2D eigenvalue weighted by molar-refractivity contribution is -0.156.